The molecule has 1 N–H and O–H groups in total. The van der Waals surface area contributed by atoms with Crippen molar-refractivity contribution < 1.29 is 9.90 Å². The van der Waals surface area contributed by atoms with Crippen molar-refractivity contribution in [1.82, 2.24) is 5.01 Å². The van der Waals surface area contributed by atoms with Gasteiger partial charge in [-0.2, -0.15) is 10.1 Å². The summed E-state index contributed by atoms with van der Waals surface area (Å²) in [6.07, 6.45) is 2.99. The molecule has 2 aromatic rings. The van der Waals surface area contributed by atoms with Gasteiger partial charge in [-0.25, -0.2) is 0 Å². The minimum atomic E-state index is -1.39. The number of rotatable bonds is 6. The average molecular weight is 415 g/mol. The molecule has 2 aromatic carbocycles. The van der Waals surface area contributed by atoms with Crippen molar-refractivity contribution in [3.05, 3.63) is 70.2 Å². The van der Waals surface area contributed by atoms with Gasteiger partial charge >= 0.3 is 0 Å². The molecule has 0 bridgehead atoms. The lowest BCUT2D eigenvalue weighted by atomic mass is 9.96. The van der Waals surface area contributed by atoms with Gasteiger partial charge in [0.05, 0.1) is 0 Å². The van der Waals surface area contributed by atoms with E-state index in [1.165, 1.54) is 10.6 Å². The highest BCUT2D eigenvalue weighted by Gasteiger charge is 2.45. The molecule has 1 atom stereocenters. The molecular weight excluding hydrogens is 392 g/mol. The van der Waals surface area contributed by atoms with Crippen molar-refractivity contribution >= 4 is 27.5 Å². The molecule has 4 nitrogen and oxygen atoms in total. The molecule has 1 amide bonds. The molecule has 0 radical (unpaired) electrons. The molecule has 1 heterocycles. The van der Waals surface area contributed by atoms with E-state index >= 15 is 0 Å². The Kier molecular flexibility index (Phi) is 5.89. The number of carbonyl (C=O) groups excluding carboxylic acids is 1. The Labute approximate surface area is 162 Å². The third-order valence-corrected chi connectivity index (χ3v) is 5.22. The second-order valence-corrected chi connectivity index (χ2v) is 7.48. The molecule has 3 rings (SSSR count). The fourth-order valence-corrected chi connectivity index (χ4v) is 3.48. The van der Waals surface area contributed by atoms with Crippen molar-refractivity contribution in [2.24, 2.45) is 5.10 Å². The molecule has 0 spiro atoms. The zero-order chi connectivity index (χ0) is 18.6. The second kappa shape index (κ2) is 8.14. The van der Waals surface area contributed by atoms with Crippen LogP contribution in [-0.2, 0) is 16.9 Å². The van der Waals surface area contributed by atoms with Gasteiger partial charge in [0, 0.05) is 28.6 Å². The Hall–Kier alpha value is -1.98. The van der Waals surface area contributed by atoms with Crippen molar-refractivity contribution in [1.29, 1.82) is 0 Å². The zero-order valence-electron chi connectivity index (χ0n) is 14.9. The maximum absolute atomic E-state index is 12.8. The predicted octanol–water partition coefficient (Wildman–Crippen LogP) is 4.62. The molecule has 1 aliphatic rings. The number of aliphatic hydroxyl groups is 1. The van der Waals surface area contributed by atoms with E-state index in [-0.39, 0.29) is 5.91 Å². The molecule has 0 saturated carbocycles. The largest absolute Gasteiger partial charge is 0.365 e. The highest BCUT2D eigenvalue weighted by molar-refractivity contribution is 9.10. The number of hydrogen-bond donors (Lipinski definition) is 1. The Bertz CT molecular complexity index is 789. The van der Waals surface area contributed by atoms with Crippen LogP contribution in [0.15, 0.2) is 64.2 Å². The van der Waals surface area contributed by atoms with E-state index in [1.54, 1.807) is 0 Å². The summed E-state index contributed by atoms with van der Waals surface area (Å²) in [6, 6.07) is 17.5. The fraction of sp³-hybridized carbons (Fsp3) is 0.333. The van der Waals surface area contributed by atoms with Crippen LogP contribution in [-0.4, -0.2) is 21.7 Å². The first-order valence-corrected chi connectivity index (χ1v) is 9.74. The van der Waals surface area contributed by atoms with E-state index in [9.17, 15) is 9.90 Å². The molecule has 1 aliphatic heterocycles. The lowest BCUT2D eigenvalue weighted by Crippen LogP contribution is -2.43. The van der Waals surface area contributed by atoms with E-state index in [4.69, 9.17) is 0 Å². The SMILES string of the molecule is CCC1=NN(C(=O)CCCc2ccccc2)C(O)(c2ccc(Br)cc2)C1. The number of hydrazone groups is 1. The van der Waals surface area contributed by atoms with Gasteiger partial charge in [0.2, 0.25) is 5.91 Å². The topological polar surface area (TPSA) is 52.9 Å². The maximum Gasteiger partial charge on any atom is 0.245 e. The van der Waals surface area contributed by atoms with Crippen LogP contribution in [0.3, 0.4) is 0 Å². The minimum Gasteiger partial charge on any atom is -0.365 e. The molecule has 0 fully saturated rings. The van der Waals surface area contributed by atoms with Crippen molar-refractivity contribution in [3.63, 3.8) is 0 Å². The first kappa shape index (κ1) is 18.8. The van der Waals surface area contributed by atoms with E-state index in [2.05, 4.69) is 33.2 Å². The Morgan fingerprint density at radius 1 is 1.19 bits per heavy atom. The Morgan fingerprint density at radius 3 is 2.54 bits per heavy atom. The Balaban J connectivity index is 1.72. The second-order valence-electron chi connectivity index (χ2n) is 6.56. The van der Waals surface area contributed by atoms with Gasteiger partial charge in [-0.3, -0.25) is 4.79 Å². The number of aryl methyl sites for hydroxylation is 1. The third kappa shape index (κ3) is 4.05. The van der Waals surface area contributed by atoms with Crippen molar-refractivity contribution in [2.75, 3.05) is 0 Å². The van der Waals surface area contributed by atoms with Crippen LogP contribution >= 0.6 is 15.9 Å². The number of hydrogen-bond acceptors (Lipinski definition) is 3. The number of amides is 1. The van der Waals surface area contributed by atoms with Gasteiger partial charge in [-0.15, -0.1) is 0 Å². The van der Waals surface area contributed by atoms with E-state index < -0.39 is 5.72 Å². The molecule has 136 valence electrons. The summed E-state index contributed by atoms with van der Waals surface area (Å²) >= 11 is 3.41. The third-order valence-electron chi connectivity index (χ3n) is 4.69. The van der Waals surface area contributed by atoms with E-state index in [0.717, 1.165) is 23.0 Å². The lowest BCUT2D eigenvalue weighted by Gasteiger charge is -2.31. The molecular formula is C21H23BrN2O2. The number of carbonyl (C=O) groups is 1. The highest BCUT2D eigenvalue weighted by atomic mass is 79.9. The van der Waals surface area contributed by atoms with E-state index in [1.807, 2.05) is 49.4 Å². The lowest BCUT2D eigenvalue weighted by molar-refractivity contribution is -0.157. The zero-order valence-corrected chi connectivity index (χ0v) is 16.4. The summed E-state index contributed by atoms with van der Waals surface area (Å²) in [4.78, 5) is 12.8. The summed E-state index contributed by atoms with van der Waals surface area (Å²) in [5.74, 6) is -0.144. The fourth-order valence-electron chi connectivity index (χ4n) is 3.21. The van der Waals surface area contributed by atoms with Gasteiger partial charge in [-0.05, 0) is 37.0 Å². The van der Waals surface area contributed by atoms with Crippen LogP contribution in [0.1, 0.15) is 43.7 Å². The summed E-state index contributed by atoms with van der Waals surface area (Å²) < 4.78 is 0.931. The standard InChI is InChI=1S/C21H23BrN2O2/c1-2-19-15-21(26,17-11-13-18(22)14-12-17)24(23-19)20(25)10-6-9-16-7-4-3-5-8-16/h3-5,7-8,11-14,26H,2,6,9-10,15H2,1H3. The molecule has 0 saturated heterocycles. The number of halogens is 1. The van der Waals surface area contributed by atoms with Gasteiger partial charge in [0.15, 0.2) is 5.72 Å². The van der Waals surface area contributed by atoms with Crippen LogP contribution in [0.5, 0.6) is 0 Å². The van der Waals surface area contributed by atoms with Crippen LogP contribution < -0.4 is 0 Å². The quantitative estimate of drug-likeness (QED) is 0.749. The molecule has 5 heteroatoms. The van der Waals surface area contributed by atoms with Gasteiger partial charge < -0.3 is 5.11 Å². The highest BCUT2D eigenvalue weighted by Crippen LogP contribution is 2.37. The summed E-state index contributed by atoms with van der Waals surface area (Å²) in [5.41, 5.74) is 1.34. The van der Waals surface area contributed by atoms with Crippen LogP contribution in [0.25, 0.3) is 0 Å². The first-order chi connectivity index (χ1) is 12.5. The average Bonchev–Trinajstić information content (AvgIpc) is 3.01. The van der Waals surface area contributed by atoms with Gasteiger partial charge in [0.1, 0.15) is 0 Å². The van der Waals surface area contributed by atoms with Crippen LogP contribution in [0.2, 0.25) is 0 Å². The summed E-state index contributed by atoms with van der Waals surface area (Å²) in [6.45, 7) is 1.99. The minimum absolute atomic E-state index is 0.144. The normalized spacial score (nSPS) is 19.5. The smallest absolute Gasteiger partial charge is 0.245 e. The number of benzene rings is 2. The van der Waals surface area contributed by atoms with E-state index in [0.29, 0.717) is 24.8 Å². The number of nitrogens with zero attached hydrogens (tertiary/aromatic N) is 2. The predicted molar refractivity (Wildman–Crippen MR) is 107 cm³/mol. The monoisotopic (exact) mass is 414 g/mol. The molecule has 26 heavy (non-hydrogen) atoms. The van der Waals surface area contributed by atoms with Crippen molar-refractivity contribution in [2.45, 2.75) is 44.8 Å². The van der Waals surface area contributed by atoms with Gasteiger partial charge in [-0.1, -0.05) is 65.3 Å². The summed E-state index contributed by atoms with van der Waals surface area (Å²) in [5, 5.41) is 17.0. The van der Waals surface area contributed by atoms with Crippen LogP contribution in [0.4, 0.5) is 0 Å². The molecule has 0 aliphatic carbocycles. The maximum atomic E-state index is 12.8. The van der Waals surface area contributed by atoms with Crippen LogP contribution in [0, 0.1) is 0 Å². The Morgan fingerprint density at radius 2 is 1.88 bits per heavy atom. The summed E-state index contributed by atoms with van der Waals surface area (Å²) in [7, 11) is 0. The molecule has 1 unspecified atom stereocenters. The first-order valence-electron chi connectivity index (χ1n) is 8.94. The van der Waals surface area contributed by atoms with Crippen molar-refractivity contribution in [3.8, 4) is 0 Å². The molecule has 0 aromatic heterocycles. The van der Waals surface area contributed by atoms with Gasteiger partial charge in [0.25, 0.3) is 0 Å².